The summed E-state index contributed by atoms with van der Waals surface area (Å²) in [5.41, 5.74) is 0.811. The molecule has 2 atom stereocenters. The van der Waals surface area contributed by atoms with Gasteiger partial charge >= 0.3 is 6.09 Å². The number of likely N-dealkylation sites (tertiary alicyclic amines) is 1. The number of cyclic esters (lactones) is 1. The third-order valence-electron chi connectivity index (χ3n) is 5.34. The first-order chi connectivity index (χ1) is 14.1. The molecule has 154 valence electrons. The Morgan fingerprint density at radius 2 is 1.79 bits per heavy atom. The lowest BCUT2D eigenvalue weighted by molar-refractivity contribution is -0.0242. The third kappa shape index (κ3) is 4.77. The van der Waals surface area contributed by atoms with Gasteiger partial charge in [-0.25, -0.2) is 4.79 Å². The summed E-state index contributed by atoms with van der Waals surface area (Å²) in [5.74, 6) is 1.56. The number of hydrogen-bond donors (Lipinski definition) is 0. The predicted octanol–water partition coefficient (Wildman–Crippen LogP) is 4.56. The minimum atomic E-state index is -0.313. The highest BCUT2D eigenvalue weighted by molar-refractivity contribution is 6.30. The van der Waals surface area contributed by atoms with Crippen LogP contribution < -0.4 is 14.4 Å². The Kier molecular flexibility index (Phi) is 6.11. The van der Waals surface area contributed by atoms with Gasteiger partial charge in [-0.3, -0.25) is 9.80 Å². The maximum atomic E-state index is 12.4. The third-order valence-corrected chi connectivity index (χ3v) is 5.59. The molecule has 0 radical (unpaired) electrons. The molecule has 2 aliphatic heterocycles. The van der Waals surface area contributed by atoms with Gasteiger partial charge in [-0.15, -0.1) is 0 Å². The van der Waals surface area contributed by atoms with E-state index >= 15 is 0 Å². The summed E-state index contributed by atoms with van der Waals surface area (Å²) in [6, 6.07) is 14.9. The number of anilines is 1. The van der Waals surface area contributed by atoms with Crippen LogP contribution in [0.3, 0.4) is 0 Å². The fraction of sp³-hybridized carbons (Fsp3) is 0.409. The van der Waals surface area contributed by atoms with Crippen molar-refractivity contribution in [1.29, 1.82) is 0 Å². The Balaban J connectivity index is 1.39. The van der Waals surface area contributed by atoms with Crippen LogP contribution in [0.4, 0.5) is 10.5 Å². The van der Waals surface area contributed by atoms with Crippen molar-refractivity contribution in [2.24, 2.45) is 0 Å². The highest BCUT2D eigenvalue weighted by Gasteiger charge is 2.36. The number of piperidine rings is 1. The van der Waals surface area contributed by atoms with Gasteiger partial charge in [-0.05, 0) is 67.8 Å². The van der Waals surface area contributed by atoms with E-state index in [1.165, 1.54) is 0 Å². The average Bonchev–Trinajstić information content (AvgIpc) is 3.11. The van der Waals surface area contributed by atoms with Gasteiger partial charge in [0.1, 0.15) is 17.6 Å². The van der Waals surface area contributed by atoms with Gasteiger partial charge in [-0.1, -0.05) is 11.6 Å². The molecule has 4 rings (SSSR count). The summed E-state index contributed by atoms with van der Waals surface area (Å²) < 4.78 is 17.0. The van der Waals surface area contributed by atoms with Gasteiger partial charge in [0.05, 0.1) is 13.7 Å². The lowest BCUT2D eigenvalue weighted by atomic mass is 10.1. The number of halogens is 1. The van der Waals surface area contributed by atoms with Crippen LogP contribution in [-0.4, -0.2) is 50.1 Å². The first kappa shape index (κ1) is 19.9. The number of methoxy groups -OCH3 is 1. The quantitative estimate of drug-likeness (QED) is 0.690. The first-order valence-corrected chi connectivity index (χ1v) is 10.3. The number of benzene rings is 2. The molecular formula is C22H25ClN2O4. The van der Waals surface area contributed by atoms with E-state index in [1.54, 1.807) is 12.0 Å². The smallest absolute Gasteiger partial charge is 0.414 e. The van der Waals surface area contributed by atoms with Crippen molar-refractivity contribution in [3.8, 4) is 11.5 Å². The van der Waals surface area contributed by atoms with Gasteiger partial charge in [0.2, 0.25) is 0 Å². The van der Waals surface area contributed by atoms with E-state index in [4.69, 9.17) is 25.8 Å². The predicted molar refractivity (Wildman–Crippen MR) is 112 cm³/mol. The number of rotatable bonds is 6. The van der Waals surface area contributed by atoms with Crippen molar-refractivity contribution in [2.75, 3.05) is 31.6 Å². The molecule has 2 aromatic rings. The Labute approximate surface area is 175 Å². The monoisotopic (exact) mass is 416 g/mol. The van der Waals surface area contributed by atoms with E-state index in [1.807, 2.05) is 48.5 Å². The highest BCUT2D eigenvalue weighted by atomic mass is 35.5. The Hall–Kier alpha value is -2.44. The highest BCUT2D eigenvalue weighted by Crippen LogP contribution is 2.27. The SMILES string of the molecule is COc1ccc(N2CC(CN3CCCCC3Oc3ccc(Cl)cc3)OC2=O)cc1. The zero-order chi connectivity index (χ0) is 20.2. The molecule has 0 N–H and O–H groups in total. The number of ether oxygens (including phenoxy) is 3. The van der Waals surface area contributed by atoms with Crippen LogP contribution in [0.25, 0.3) is 0 Å². The minimum absolute atomic E-state index is 0.0290. The number of carbonyl (C=O) groups is 1. The lowest BCUT2D eigenvalue weighted by Crippen LogP contribution is -2.47. The maximum absolute atomic E-state index is 12.4. The van der Waals surface area contributed by atoms with Crippen molar-refractivity contribution in [3.05, 3.63) is 53.6 Å². The van der Waals surface area contributed by atoms with Crippen molar-refractivity contribution in [3.63, 3.8) is 0 Å². The van der Waals surface area contributed by atoms with Crippen LogP contribution >= 0.6 is 11.6 Å². The molecule has 2 unspecified atom stereocenters. The number of nitrogens with zero attached hydrogens (tertiary/aromatic N) is 2. The molecule has 1 amide bonds. The van der Waals surface area contributed by atoms with Crippen molar-refractivity contribution in [1.82, 2.24) is 4.90 Å². The van der Waals surface area contributed by atoms with Gasteiger partial charge in [0.25, 0.3) is 0 Å². The van der Waals surface area contributed by atoms with E-state index in [0.29, 0.717) is 18.1 Å². The molecule has 7 heteroatoms. The molecular weight excluding hydrogens is 392 g/mol. The number of amides is 1. The second-order valence-electron chi connectivity index (χ2n) is 7.33. The second-order valence-corrected chi connectivity index (χ2v) is 7.77. The average molecular weight is 417 g/mol. The molecule has 2 saturated heterocycles. The van der Waals surface area contributed by atoms with E-state index in [0.717, 1.165) is 43.0 Å². The van der Waals surface area contributed by atoms with Crippen LogP contribution in [0.1, 0.15) is 19.3 Å². The Morgan fingerprint density at radius 3 is 2.52 bits per heavy atom. The normalized spacial score (nSPS) is 22.4. The molecule has 6 nitrogen and oxygen atoms in total. The van der Waals surface area contributed by atoms with E-state index in [2.05, 4.69) is 4.90 Å². The molecule has 0 aromatic heterocycles. The zero-order valence-electron chi connectivity index (χ0n) is 16.4. The fourth-order valence-corrected chi connectivity index (χ4v) is 3.95. The molecule has 0 bridgehead atoms. The van der Waals surface area contributed by atoms with Gasteiger partial charge in [0, 0.05) is 23.8 Å². The van der Waals surface area contributed by atoms with Crippen LogP contribution in [0.15, 0.2) is 48.5 Å². The summed E-state index contributed by atoms with van der Waals surface area (Å²) >= 11 is 5.97. The summed E-state index contributed by atoms with van der Waals surface area (Å²) in [4.78, 5) is 16.3. The molecule has 0 aliphatic carbocycles. The first-order valence-electron chi connectivity index (χ1n) is 9.91. The van der Waals surface area contributed by atoms with Crippen molar-refractivity contribution in [2.45, 2.75) is 31.6 Å². The summed E-state index contributed by atoms with van der Waals surface area (Å²) in [7, 11) is 1.62. The standard InChI is InChI=1S/C22H25ClN2O4/c1-27-18-11-7-17(8-12-18)25-15-20(29-22(25)26)14-24-13-3-2-4-21(24)28-19-9-5-16(23)6-10-19/h5-12,20-21H,2-4,13-15H2,1H3. The fourth-order valence-electron chi connectivity index (χ4n) is 3.82. The lowest BCUT2D eigenvalue weighted by Gasteiger charge is -2.36. The van der Waals surface area contributed by atoms with Gasteiger partial charge in [-0.2, -0.15) is 0 Å². The van der Waals surface area contributed by atoms with Crippen LogP contribution in [0.2, 0.25) is 5.02 Å². The number of carbonyl (C=O) groups excluding carboxylic acids is 1. The maximum Gasteiger partial charge on any atom is 0.414 e. The van der Waals surface area contributed by atoms with Crippen molar-refractivity contribution < 1.29 is 19.0 Å². The second kappa shape index (κ2) is 8.93. The summed E-state index contributed by atoms with van der Waals surface area (Å²) in [5, 5.41) is 0.689. The van der Waals surface area contributed by atoms with Crippen LogP contribution in [0.5, 0.6) is 11.5 Å². The topological polar surface area (TPSA) is 51.2 Å². The Bertz CT molecular complexity index is 828. The molecule has 29 heavy (non-hydrogen) atoms. The van der Waals surface area contributed by atoms with Gasteiger partial charge < -0.3 is 14.2 Å². The summed E-state index contributed by atoms with van der Waals surface area (Å²) in [6.45, 7) is 2.10. The Morgan fingerprint density at radius 1 is 1.07 bits per heavy atom. The van der Waals surface area contributed by atoms with Crippen LogP contribution in [-0.2, 0) is 4.74 Å². The zero-order valence-corrected chi connectivity index (χ0v) is 17.2. The largest absolute Gasteiger partial charge is 0.497 e. The van der Waals surface area contributed by atoms with E-state index in [9.17, 15) is 4.79 Å². The molecule has 2 heterocycles. The molecule has 0 saturated carbocycles. The molecule has 2 aromatic carbocycles. The summed E-state index contributed by atoms with van der Waals surface area (Å²) in [6.07, 6.45) is 2.65. The van der Waals surface area contributed by atoms with E-state index < -0.39 is 0 Å². The minimum Gasteiger partial charge on any atom is -0.497 e. The van der Waals surface area contributed by atoms with E-state index in [-0.39, 0.29) is 18.4 Å². The molecule has 2 fully saturated rings. The van der Waals surface area contributed by atoms with Gasteiger partial charge in [0.15, 0.2) is 6.23 Å². The van der Waals surface area contributed by atoms with Crippen molar-refractivity contribution >= 4 is 23.4 Å². The molecule has 0 spiro atoms. The van der Waals surface area contributed by atoms with Crippen LogP contribution in [0, 0.1) is 0 Å². The number of hydrogen-bond acceptors (Lipinski definition) is 5. The molecule has 2 aliphatic rings.